The topological polar surface area (TPSA) is 20.2 Å². The molecule has 1 nitrogen and oxygen atoms in total. The minimum absolute atomic E-state index is 0.0122. The first kappa shape index (κ1) is 11.5. The minimum atomic E-state index is -1.36. The average Bonchev–Trinajstić information content (AvgIpc) is 2.06. The summed E-state index contributed by atoms with van der Waals surface area (Å²) >= 11 is 1.11. The van der Waals surface area contributed by atoms with E-state index in [1.807, 2.05) is 0 Å². The molecule has 0 amide bonds. The first-order valence-corrected chi connectivity index (χ1v) is 5.34. The fourth-order valence-electron chi connectivity index (χ4n) is 1.16. The van der Waals surface area contributed by atoms with Crippen molar-refractivity contribution in [1.29, 1.82) is 0 Å². The highest BCUT2D eigenvalue weighted by Gasteiger charge is 2.23. The van der Waals surface area contributed by atoms with Crippen molar-refractivity contribution in [2.24, 2.45) is 0 Å². The molecule has 0 aliphatic rings. The molecule has 14 heavy (non-hydrogen) atoms. The van der Waals surface area contributed by atoms with E-state index in [0.29, 0.717) is 0 Å². The molecule has 0 aromatic heterocycles. The molecule has 1 N–H and O–H groups in total. The van der Waals surface area contributed by atoms with Crippen LogP contribution in [0.3, 0.4) is 0 Å². The molecule has 0 spiro atoms. The standard InChI is InChI=1S/C10H12F2OS/c1-10(2,13)7-4-6(11)5-8(14-3)9(7)12/h4-5,13H,1-3H3. The van der Waals surface area contributed by atoms with Gasteiger partial charge in [-0.25, -0.2) is 8.78 Å². The van der Waals surface area contributed by atoms with Crippen LogP contribution in [0.1, 0.15) is 19.4 Å². The zero-order valence-electron chi connectivity index (χ0n) is 8.27. The van der Waals surface area contributed by atoms with Gasteiger partial charge < -0.3 is 5.11 Å². The Morgan fingerprint density at radius 2 is 1.86 bits per heavy atom. The molecule has 0 radical (unpaired) electrons. The van der Waals surface area contributed by atoms with E-state index >= 15 is 0 Å². The summed E-state index contributed by atoms with van der Waals surface area (Å²) in [7, 11) is 0. The van der Waals surface area contributed by atoms with Crippen molar-refractivity contribution >= 4 is 11.8 Å². The van der Waals surface area contributed by atoms with E-state index in [2.05, 4.69) is 0 Å². The van der Waals surface area contributed by atoms with Crippen LogP contribution in [-0.2, 0) is 5.60 Å². The molecule has 0 unspecified atom stereocenters. The monoisotopic (exact) mass is 218 g/mol. The third-order valence-electron chi connectivity index (χ3n) is 1.88. The van der Waals surface area contributed by atoms with Gasteiger partial charge in [0.1, 0.15) is 11.6 Å². The van der Waals surface area contributed by atoms with Crippen LogP contribution in [0.25, 0.3) is 0 Å². The van der Waals surface area contributed by atoms with E-state index in [0.717, 1.165) is 23.9 Å². The van der Waals surface area contributed by atoms with E-state index in [9.17, 15) is 13.9 Å². The van der Waals surface area contributed by atoms with Gasteiger partial charge in [0.2, 0.25) is 0 Å². The van der Waals surface area contributed by atoms with Crippen molar-refractivity contribution in [2.45, 2.75) is 24.3 Å². The Kier molecular flexibility index (Phi) is 3.17. The van der Waals surface area contributed by atoms with Crippen LogP contribution >= 0.6 is 11.8 Å². The van der Waals surface area contributed by atoms with E-state index in [4.69, 9.17) is 0 Å². The van der Waals surface area contributed by atoms with Crippen LogP contribution < -0.4 is 0 Å². The van der Waals surface area contributed by atoms with Gasteiger partial charge >= 0.3 is 0 Å². The van der Waals surface area contributed by atoms with Crippen molar-refractivity contribution in [3.63, 3.8) is 0 Å². The first-order chi connectivity index (χ1) is 6.36. The fraction of sp³-hybridized carbons (Fsp3) is 0.400. The Morgan fingerprint density at radius 3 is 2.29 bits per heavy atom. The highest BCUT2D eigenvalue weighted by Crippen LogP contribution is 2.30. The Hall–Kier alpha value is -0.610. The quantitative estimate of drug-likeness (QED) is 0.770. The number of halogens is 2. The maximum atomic E-state index is 13.6. The smallest absolute Gasteiger partial charge is 0.143 e. The van der Waals surface area contributed by atoms with Crippen molar-refractivity contribution in [1.82, 2.24) is 0 Å². The predicted octanol–water partition coefficient (Wildman–Crippen LogP) is 2.91. The van der Waals surface area contributed by atoms with Crippen molar-refractivity contribution in [2.75, 3.05) is 6.26 Å². The molecule has 0 heterocycles. The maximum absolute atomic E-state index is 13.6. The van der Waals surface area contributed by atoms with Crippen LogP contribution in [0.5, 0.6) is 0 Å². The molecule has 0 bridgehead atoms. The molecule has 4 heteroatoms. The summed E-state index contributed by atoms with van der Waals surface area (Å²) in [6.07, 6.45) is 1.66. The molecule has 0 fully saturated rings. The molecule has 0 aliphatic heterocycles. The summed E-state index contributed by atoms with van der Waals surface area (Å²) in [4.78, 5) is 0.210. The lowest BCUT2D eigenvalue weighted by Gasteiger charge is -2.19. The van der Waals surface area contributed by atoms with Gasteiger partial charge in [0, 0.05) is 10.5 Å². The SMILES string of the molecule is CSc1cc(F)cc(C(C)(C)O)c1F. The van der Waals surface area contributed by atoms with Crippen molar-refractivity contribution < 1.29 is 13.9 Å². The summed E-state index contributed by atoms with van der Waals surface area (Å²) in [6.45, 7) is 2.85. The van der Waals surface area contributed by atoms with Gasteiger partial charge in [-0.3, -0.25) is 0 Å². The van der Waals surface area contributed by atoms with Gasteiger partial charge in [-0.15, -0.1) is 11.8 Å². The second kappa shape index (κ2) is 3.87. The molecule has 0 atom stereocenters. The normalized spacial score (nSPS) is 11.9. The van der Waals surface area contributed by atoms with Gasteiger partial charge in [-0.05, 0) is 32.2 Å². The van der Waals surface area contributed by atoms with Crippen molar-refractivity contribution in [3.8, 4) is 0 Å². The zero-order chi connectivity index (χ0) is 10.9. The average molecular weight is 218 g/mol. The molecule has 0 saturated carbocycles. The van der Waals surface area contributed by atoms with Crippen LogP contribution in [0, 0.1) is 11.6 Å². The molecule has 0 aliphatic carbocycles. The third-order valence-corrected chi connectivity index (χ3v) is 2.62. The van der Waals surface area contributed by atoms with E-state index in [1.165, 1.54) is 13.8 Å². The number of thioether (sulfide) groups is 1. The maximum Gasteiger partial charge on any atom is 0.143 e. The Morgan fingerprint density at radius 1 is 1.29 bits per heavy atom. The number of rotatable bonds is 2. The van der Waals surface area contributed by atoms with Gasteiger partial charge in [0.25, 0.3) is 0 Å². The second-order valence-electron chi connectivity index (χ2n) is 3.53. The molecule has 1 rings (SSSR count). The van der Waals surface area contributed by atoms with Crippen molar-refractivity contribution in [3.05, 3.63) is 29.3 Å². The predicted molar refractivity (Wildman–Crippen MR) is 53.4 cm³/mol. The number of aliphatic hydroxyl groups is 1. The molecule has 78 valence electrons. The molecular weight excluding hydrogens is 206 g/mol. The van der Waals surface area contributed by atoms with Gasteiger partial charge in [0.15, 0.2) is 0 Å². The molecule has 1 aromatic carbocycles. The summed E-state index contributed by atoms with van der Waals surface area (Å²) in [5, 5.41) is 9.60. The summed E-state index contributed by atoms with van der Waals surface area (Å²) in [5.41, 5.74) is -1.38. The largest absolute Gasteiger partial charge is 0.386 e. The summed E-state index contributed by atoms with van der Waals surface area (Å²) in [5.74, 6) is -1.08. The first-order valence-electron chi connectivity index (χ1n) is 4.12. The lowest BCUT2D eigenvalue weighted by Crippen LogP contribution is -2.18. The van der Waals surface area contributed by atoms with E-state index in [-0.39, 0.29) is 10.5 Å². The summed E-state index contributed by atoms with van der Waals surface area (Å²) in [6, 6.07) is 2.14. The van der Waals surface area contributed by atoms with Gasteiger partial charge in [-0.1, -0.05) is 0 Å². The van der Waals surface area contributed by atoms with Gasteiger partial charge in [0.05, 0.1) is 5.60 Å². The molecular formula is C10H12F2OS. The lowest BCUT2D eigenvalue weighted by atomic mass is 9.98. The molecule has 0 saturated heterocycles. The van der Waals surface area contributed by atoms with Crippen LogP contribution in [0.15, 0.2) is 17.0 Å². The second-order valence-corrected chi connectivity index (χ2v) is 4.38. The summed E-state index contributed by atoms with van der Waals surface area (Å²) < 4.78 is 26.6. The fourth-order valence-corrected chi connectivity index (χ4v) is 1.68. The molecule has 1 aromatic rings. The van der Waals surface area contributed by atoms with Gasteiger partial charge in [-0.2, -0.15) is 0 Å². The van der Waals surface area contributed by atoms with E-state index < -0.39 is 17.2 Å². The number of hydrogen-bond acceptors (Lipinski definition) is 2. The Bertz CT molecular complexity index is 345. The Labute approximate surface area is 86.1 Å². The lowest BCUT2D eigenvalue weighted by molar-refractivity contribution is 0.0735. The van der Waals surface area contributed by atoms with Crippen LogP contribution in [0.4, 0.5) is 8.78 Å². The Balaban J connectivity index is 3.37. The van der Waals surface area contributed by atoms with Crippen LogP contribution in [-0.4, -0.2) is 11.4 Å². The van der Waals surface area contributed by atoms with E-state index in [1.54, 1.807) is 6.26 Å². The number of hydrogen-bond donors (Lipinski definition) is 1. The highest BCUT2D eigenvalue weighted by molar-refractivity contribution is 7.98. The number of benzene rings is 1. The highest BCUT2D eigenvalue weighted by atomic mass is 32.2. The third kappa shape index (κ3) is 2.25. The zero-order valence-corrected chi connectivity index (χ0v) is 9.08. The van der Waals surface area contributed by atoms with Crippen LogP contribution in [0.2, 0.25) is 0 Å². The minimum Gasteiger partial charge on any atom is -0.386 e.